The zero-order valence-corrected chi connectivity index (χ0v) is 16.6. The van der Waals surface area contributed by atoms with Crippen molar-refractivity contribution < 1.29 is 14.3 Å². The minimum absolute atomic E-state index is 0.329. The van der Waals surface area contributed by atoms with Gasteiger partial charge >= 0.3 is 0 Å². The molecule has 0 aliphatic carbocycles. The minimum atomic E-state index is -0.390. The summed E-state index contributed by atoms with van der Waals surface area (Å²) in [5, 5.41) is 0. The third-order valence-electron chi connectivity index (χ3n) is 3.69. The highest BCUT2D eigenvalue weighted by atomic mass is 79.9. The normalized spacial score (nSPS) is 11.4. The molecule has 0 atom stereocenters. The van der Waals surface area contributed by atoms with E-state index >= 15 is 0 Å². The second-order valence-electron chi connectivity index (χ2n) is 5.31. The van der Waals surface area contributed by atoms with Crippen molar-refractivity contribution in [1.82, 2.24) is 4.57 Å². The molecule has 0 spiro atoms. The number of thiazole rings is 1. The molecule has 0 aliphatic rings. The molecular weight excluding hydrogens is 416 g/mol. The van der Waals surface area contributed by atoms with Crippen LogP contribution < -0.4 is 14.3 Å². The summed E-state index contributed by atoms with van der Waals surface area (Å²) >= 11 is 4.86. The van der Waals surface area contributed by atoms with Crippen molar-refractivity contribution in [3.05, 3.63) is 51.2 Å². The van der Waals surface area contributed by atoms with Gasteiger partial charge in [-0.25, -0.2) is 0 Å². The summed E-state index contributed by atoms with van der Waals surface area (Å²) in [6.45, 7) is 0.329. The minimum Gasteiger partial charge on any atom is -0.497 e. The molecule has 0 radical (unpaired) electrons. The van der Waals surface area contributed by atoms with Gasteiger partial charge in [-0.2, -0.15) is 4.99 Å². The fourth-order valence-corrected chi connectivity index (χ4v) is 4.04. The lowest BCUT2D eigenvalue weighted by atomic mass is 10.2. The van der Waals surface area contributed by atoms with Crippen molar-refractivity contribution in [2.24, 2.45) is 4.99 Å². The van der Waals surface area contributed by atoms with Gasteiger partial charge in [0.05, 0.1) is 31.0 Å². The topological polar surface area (TPSA) is 52.8 Å². The van der Waals surface area contributed by atoms with Crippen molar-refractivity contribution in [3.8, 4) is 23.8 Å². The van der Waals surface area contributed by atoms with Gasteiger partial charge in [0.1, 0.15) is 11.5 Å². The zero-order valence-electron chi connectivity index (χ0n) is 14.2. The van der Waals surface area contributed by atoms with Crippen LogP contribution in [0.25, 0.3) is 10.2 Å². The Morgan fingerprint density at radius 2 is 1.92 bits per heavy atom. The summed E-state index contributed by atoms with van der Waals surface area (Å²) in [4.78, 5) is 17.5. The van der Waals surface area contributed by atoms with Gasteiger partial charge in [0.25, 0.3) is 5.91 Å². The highest BCUT2D eigenvalue weighted by Gasteiger charge is 2.12. The van der Waals surface area contributed by atoms with Gasteiger partial charge in [-0.1, -0.05) is 33.2 Å². The number of halogens is 1. The van der Waals surface area contributed by atoms with Crippen LogP contribution in [0, 0.1) is 12.3 Å². The lowest BCUT2D eigenvalue weighted by Crippen LogP contribution is -2.16. The summed E-state index contributed by atoms with van der Waals surface area (Å²) in [5.41, 5.74) is 1.32. The Morgan fingerprint density at radius 1 is 1.23 bits per heavy atom. The Hall–Kier alpha value is -2.56. The van der Waals surface area contributed by atoms with Crippen molar-refractivity contribution in [2.75, 3.05) is 14.2 Å². The molecule has 0 N–H and O–H groups in total. The second-order valence-corrected chi connectivity index (χ2v) is 7.23. The Kier molecular flexibility index (Phi) is 5.45. The molecule has 26 heavy (non-hydrogen) atoms. The molecular formula is C19H15BrN2O3S. The quantitative estimate of drug-likeness (QED) is 0.590. The number of rotatable bonds is 4. The van der Waals surface area contributed by atoms with E-state index in [2.05, 4.69) is 26.8 Å². The molecule has 1 heterocycles. The summed E-state index contributed by atoms with van der Waals surface area (Å²) in [5.74, 6) is 3.28. The molecule has 2 aromatic carbocycles. The molecule has 132 valence electrons. The van der Waals surface area contributed by atoms with Crippen molar-refractivity contribution >= 4 is 43.4 Å². The number of nitrogens with zero attached hydrogens (tertiary/aromatic N) is 2. The molecule has 1 aromatic heterocycles. The molecule has 5 nitrogen and oxygen atoms in total. The van der Waals surface area contributed by atoms with Gasteiger partial charge in [-0.3, -0.25) is 4.79 Å². The predicted molar refractivity (Wildman–Crippen MR) is 106 cm³/mol. The maximum Gasteiger partial charge on any atom is 0.279 e. The number of fused-ring (bicyclic) bond motifs is 1. The lowest BCUT2D eigenvalue weighted by Gasteiger charge is -2.06. The molecule has 0 bridgehead atoms. The number of terminal acetylenes is 1. The van der Waals surface area contributed by atoms with E-state index in [0.29, 0.717) is 28.4 Å². The third-order valence-corrected chi connectivity index (χ3v) is 5.22. The van der Waals surface area contributed by atoms with Crippen molar-refractivity contribution in [1.29, 1.82) is 0 Å². The maximum atomic E-state index is 12.7. The highest BCUT2D eigenvalue weighted by molar-refractivity contribution is 9.10. The molecule has 0 saturated heterocycles. The Morgan fingerprint density at radius 3 is 2.54 bits per heavy atom. The third kappa shape index (κ3) is 3.66. The van der Waals surface area contributed by atoms with Crippen LogP contribution in [0.1, 0.15) is 10.4 Å². The fourth-order valence-electron chi connectivity index (χ4n) is 2.46. The zero-order chi connectivity index (χ0) is 18.7. The number of amides is 1. The largest absolute Gasteiger partial charge is 0.497 e. The molecule has 3 rings (SSSR count). The summed E-state index contributed by atoms with van der Waals surface area (Å²) in [6, 6.07) is 10.8. The molecule has 0 unspecified atom stereocenters. The monoisotopic (exact) mass is 430 g/mol. The maximum absolute atomic E-state index is 12.7. The summed E-state index contributed by atoms with van der Waals surface area (Å²) < 4.78 is 14.2. The van der Waals surface area contributed by atoms with Crippen LogP contribution in [0.15, 0.2) is 45.9 Å². The highest BCUT2D eigenvalue weighted by Crippen LogP contribution is 2.24. The first kappa shape index (κ1) is 18.2. The Bertz CT molecular complexity index is 1070. The molecule has 0 fully saturated rings. The van der Waals surface area contributed by atoms with E-state index in [0.717, 1.165) is 14.7 Å². The SMILES string of the molecule is C#CCn1c(=NC(=O)c2cc(OC)cc(OC)c2)sc2cc(Br)ccc21. The summed E-state index contributed by atoms with van der Waals surface area (Å²) in [6.07, 6.45) is 5.49. The van der Waals surface area contributed by atoms with Gasteiger partial charge in [-0.15, -0.1) is 6.42 Å². The second kappa shape index (κ2) is 7.77. The van der Waals surface area contributed by atoms with E-state index in [1.165, 1.54) is 25.6 Å². The number of methoxy groups -OCH3 is 2. The van der Waals surface area contributed by atoms with E-state index in [9.17, 15) is 4.79 Å². The lowest BCUT2D eigenvalue weighted by molar-refractivity contribution is 0.0997. The summed E-state index contributed by atoms with van der Waals surface area (Å²) in [7, 11) is 3.07. The van der Waals surface area contributed by atoms with Gasteiger partial charge in [0.15, 0.2) is 4.80 Å². The van der Waals surface area contributed by atoms with E-state index in [4.69, 9.17) is 15.9 Å². The van der Waals surface area contributed by atoms with Crippen LogP contribution in [0.4, 0.5) is 0 Å². The van der Waals surface area contributed by atoms with Crippen LogP contribution in [-0.2, 0) is 6.54 Å². The van der Waals surface area contributed by atoms with Gasteiger partial charge in [-0.05, 0) is 30.3 Å². The van der Waals surface area contributed by atoms with Crippen LogP contribution in [0.3, 0.4) is 0 Å². The number of ether oxygens (including phenoxy) is 2. The van der Waals surface area contributed by atoms with Crippen LogP contribution >= 0.6 is 27.3 Å². The number of aromatic nitrogens is 1. The van der Waals surface area contributed by atoms with E-state index in [1.54, 1.807) is 18.2 Å². The number of hydrogen-bond donors (Lipinski definition) is 0. The Balaban J connectivity index is 2.14. The van der Waals surface area contributed by atoms with E-state index in [1.807, 2.05) is 22.8 Å². The number of benzene rings is 2. The smallest absolute Gasteiger partial charge is 0.279 e. The van der Waals surface area contributed by atoms with Crippen molar-refractivity contribution in [2.45, 2.75) is 6.54 Å². The Labute approximate surface area is 163 Å². The van der Waals surface area contributed by atoms with Crippen LogP contribution in [0.2, 0.25) is 0 Å². The molecule has 7 heteroatoms. The predicted octanol–water partition coefficient (Wildman–Crippen LogP) is 3.86. The van der Waals surface area contributed by atoms with E-state index < -0.39 is 5.91 Å². The molecule has 1 amide bonds. The molecule has 0 aliphatic heterocycles. The first-order valence-electron chi connectivity index (χ1n) is 7.60. The standard InChI is InChI=1S/C19H15BrN2O3S/c1-4-7-22-16-6-5-13(20)10-17(16)26-19(22)21-18(23)12-8-14(24-2)11-15(9-12)25-3/h1,5-6,8-11H,7H2,2-3H3. The first-order valence-corrected chi connectivity index (χ1v) is 9.21. The average molecular weight is 431 g/mol. The number of hydrogen-bond acceptors (Lipinski definition) is 4. The first-order chi connectivity index (χ1) is 12.5. The molecule has 0 saturated carbocycles. The molecule has 3 aromatic rings. The van der Waals surface area contributed by atoms with Crippen LogP contribution in [-0.4, -0.2) is 24.7 Å². The van der Waals surface area contributed by atoms with Gasteiger partial charge < -0.3 is 14.0 Å². The fraction of sp³-hybridized carbons (Fsp3) is 0.158. The number of carbonyl (C=O) groups is 1. The van der Waals surface area contributed by atoms with E-state index in [-0.39, 0.29) is 0 Å². The van der Waals surface area contributed by atoms with Crippen molar-refractivity contribution in [3.63, 3.8) is 0 Å². The number of carbonyl (C=O) groups excluding carboxylic acids is 1. The van der Waals surface area contributed by atoms with Crippen LogP contribution in [0.5, 0.6) is 11.5 Å². The van der Waals surface area contributed by atoms with Gasteiger partial charge in [0.2, 0.25) is 0 Å². The van der Waals surface area contributed by atoms with Gasteiger partial charge in [0, 0.05) is 16.1 Å². The average Bonchev–Trinajstić information content (AvgIpc) is 2.97.